The highest BCUT2D eigenvalue weighted by Gasteiger charge is 2.66. The van der Waals surface area contributed by atoms with Crippen LogP contribution in [0.2, 0.25) is 0 Å². The van der Waals surface area contributed by atoms with Crippen molar-refractivity contribution in [3.63, 3.8) is 0 Å². The Labute approximate surface area is 559 Å². The number of nitrogens with zero attached hydrogens (tertiary/aromatic N) is 5. The second kappa shape index (κ2) is 29.1. The van der Waals surface area contributed by atoms with Gasteiger partial charge in [0.2, 0.25) is 11.8 Å². The summed E-state index contributed by atoms with van der Waals surface area (Å²) in [5.41, 5.74) is 31.4. The van der Waals surface area contributed by atoms with Crippen LogP contribution in [0.5, 0.6) is 0 Å². The van der Waals surface area contributed by atoms with E-state index in [2.05, 4.69) is 10.5 Å². The second-order valence-electron chi connectivity index (χ2n) is 24.5. The summed E-state index contributed by atoms with van der Waals surface area (Å²) in [5, 5.41) is 8.67. The number of aryl methyl sites for hydroxylation is 1. The highest BCUT2D eigenvalue weighted by Crippen LogP contribution is 2.53. The maximum atomic E-state index is 13.2. The maximum Gasteiger partial charge on any atom is 0.331 e. The Morgan fingerprint density at radius 3 is 1.14 bits per heavy atom. The standard InChI is InChI=1S/2C21H22N2O3S.C13H10N2.C8H12N2O3S.C7H8O3S/c2*1-21(2)17(23-18(24)15(22)19(23)27-21)20(25)26-16(13-9-5-3-6-10-13)14-11-7-4-8-12-14;14-15-13(11-7-3-1-4-8-11)12-9-5-2-6-10-12;1-8(2)4(7(12)13)10-5(11)3(9)6(10)14-8;1-6-2-4-7(5-3-6)11(8,9)10/h2*3-12,15-17,19H,22H2,1-2H3;1-10H;3-4,6H,9H2,1-2H3,(H,12,13);2-5H,1H3,(H,8,9,10)/t2*15-,17+,19?;;3-,4+,6?;/m11.1./s1. The number of carboxylic acids is 1. The number of fused-ring (bicyclic) bond motifs is 3. The van der Waals surface area contributed by atoms with E-state index in [1.807, 2.05) is 230 Å². The van der Waals surface area contributed by atoms with Gasteiger partial charge in [0.1, 0.15) is 56.4 Å². The number of aliphatic carboxylic acids is 1. The third-order valence-corrected chi connectivity index (χ3v) is 22.2. The van der Waals surface area contributed by atoms with E-state index in [4.69, 9.17) is 31.6 Å². The normalized spacial score (nSPS) is 23.5. The molecule has 3 unspecified atom stereocenters. The first-order chi connectivity index (χ1) is 44.6. The molecule has 0 spiro atoms. The van der Waals surface area contributed by atoms with E-state index in [0.717, 1.165) is 38.9 Å². The fourth-order valence-electron chi connectivity index (χ4n) is 11.8. The topological polar surface area (TPSA) is 324 Å². The zero-order valence-electron chi connectivity index (χ0n) is 52.6. The smallest absolute Gasteiger partial charge is 0.331 e. The summed E-state index contributed by atoms with van der Waals surface area (Å²) in [6, 6.07) is 60.3. The molecule has 7 aromatic carbocycles. The molecule has 7 aromatic rings. The van der Waals surface area contributed by atoms with E-state index in [1.54, 1.807) is 45.5 Å². The Balaban J connectivity index is 0.000000145. The minimum Gasteiger partial charge on any atom is -0.744 e. The Morgan fingerprint density at radius 2 is 0.819 bits per heavy atom. The number of nitrogens with two attached hydrogens (primary N) is 2. The van der Waals surface area contributed by atoms with Gasteiger partial charge in [-0.1, -0.05) is 175 Å². The molecule has 94 heavy (non-hydrogen) atoms. The molecule has 6 saturated heterocycles. The molecule has 6 heterocycles. The van der Waals surface area contributed by atoms with Crippen molar-refractivity contribution in [2.75, 3.05) is 0 Å². The van der Waals surface area contributed by atoms with Gasteiger partial charge < -0.3 is 56.6 Å². The van der Waals surface area contributed by atoms with Crippen molar-refractivity contribution in [2.24, 2.45) is 11.5 Å². The predicted molar refractivity (Wildman–Crippen MR) is 359 cm³/mol. The van der Waals surface area contributed by atoms with Crippen molar-refractivity contribution in [2.45, 2.75) is 132 Å². The molecule has 3 amide bonds. The van der Waals surface area contributed by atoms with Crippen LogP contribution in [-0.4, -0.2) is 146 Å². The van der Waals surface area contributed by atoms with E-state index >= 15 is 0 Å². The third-order valence-electron chi connectivity index (χ3n) is 16.6. The number of rotatable bonds is 12. The fourth-order valence-corrected chi connectivity index (χ4v) is 17.0. The molecule has 490 valence electrons. The zero-order chi connectivity index (χ0) is 68.0. The highest BCUT2D eigenvalue weighted by atomic mass is 32.2. The molecule has 0 aromatic heterocycles. The minimum absolute atomic E-state index is 0.0445. The van der Waals surface area contributed by atoms with E-state index < -0.39 is 78.7 Å². The number of carbonyl (C=O) groups is 6. The Kier molecular flexibility index (Phi) is 21.6. The van der Waals surface area contributed by atoms with Gasteiger partial charge >= 0.3 is 23.6 Å². The van der Waals surface area contributed by atoms with E-state index in [-0.39, 0.29) is 50.7 Å². The average molecular weight is 1350 g/mol. The van der Waals surface area contributed by atoms with Crippen LogP contribution in [0.25, 0.3) is 5.53 Å². The molecule has 0 aliphatic carbocycles. The van der Waals surface area contributed by atoms with Gasteiger partial charge in [0, 0.05) is 14.2 Å². The lowest BCUT2D eigenvalue weighted by molar-refractivity contribution is -0.425. The van der Waals surface area contributed by atoms with Gasteiger partial charge in [-0.05, 0) is 107 Å². The Morgan fingerprint density at radius 1 is 0.521 bits per heavy atom. The number of benzene rings is 7. The quantitative estimate of drug-likeness (QED) is 0.0226. The first-order valence-corrected chi connectivity index (χ1v) is 34.2. The van der Waals surface area contributed by atoms with Crippen LogP contribution in [-0.2, 0) is 48.4 Å². The van der Waals surface area contributed by atoms with Gasteiger partial charge in [-0.25, -0.2) is 22.8 Å². The number of thioether (sulfide) groups is 3. The number of carboxylic acid groups (broad SMARTS) is 1. The largest absolute Gasteiger partial charge is 0.744 e. The van der Waals surface area contributed by atoms with E-state index in [0.29, 0.717) is 5.71 Å². The van der Waals surface area contributed by atoms with Gasteiger partial charge in [-0.15, -0.1) is 35.3 Å². The number of amides is 3. The SMILES string of the molecule is CC1(C)SC2[C@H](N)C(=O)N2[C@H]1C(=O)O.CC1(C)SC2[C@H](N)C(=O)N2[C@H]1C(=O)OC(c1ccccc1)c1ccccc1.CC1(C)SC2[C@H]([NH3+])C(=O)N2[C@H]1C(=O)OC(c1ccccc1)c1ccccc1.Cc1ccc(S(=O)(=O)[O-])cc1.[N-]=[N+]=C(c1ccccc1)c1ccccc1. The fraction of sp³-hybridized carbons (Fsp3) is 0.300. The molecule has 13 rings (SSSR count). The molecule has 0 bridgehead atoms. The number of carbonyl (C=O) groups excluding carboxylic acids is 5. The Hall–Kier alpha value is -8.42. The van der Waals surface area contributed by atoms with Crippen LogP contribution in [0.3, 0.4) is 0 Å². The lowest BCUT2D eigenvalue weighted by Crippen LogP contribution is -2.83. The van der Waals surface area contributed by atoms with E-state index in [9.17, 15) is 41.7 Å². The van der Waals surface area contributed by atoms with Crippen molar-refractivity contribution in [3.8, 4) is 0 Å². The molecule has 24 heteroatoms. The molecule has 6 fully saturated rings. The summed E-state index contributed by atoms with van der Waals surface area (Å²) in [4.78, 5) is 81.1. The third kappa shape index (κ3) is 15.1. The van der Waals surface area contributed by atoms with Crippen molar-refractivity contribution >= 4 is 86.7 Å². The summed E-state index contributed by atoms with van der Waals surface area (Å²) in [6.07, 6.45) is -1.03. The summed E-state index contributed by atoms with van der Waals surface area (Å²) in [5.74, 6) is -2.22. The molecule has 0 radical (unpaired) electrons. The molecule has 6 aliphatic rings. The van der Waals surface area contributed by atoms with E-state index in [1.165, 1.54) is 28.8 Å². The van der Waals surface area contributed by atoms with Crippen LogP contribution in [0.15, 0.2) is 211 Å². The van der Waals surface area contributed by atoms with Crippen molar-refractivity contribution in [3.05, 3.63) is 251 Å². The van der Waals surface area contributed by atoms with Crippen LogP contribution >= 0.6 is 35.3 Å². The summed E-state index contributed by atoms with van der Waals surface area (Å²) in [7, 11) is -4.27. The molecule has 20 nitrogen and oxygen atoms in total. The summed E-state index contributed by atoms with van der Waals surface area (Å²) >= 11 is 4.66. The molecule has 0 saturated carbocycles. The number of esters is 2. The monoisotopic (exact) mass is 1350 g/mol. The van der Waals surface area contributed by atoms with Gasteiger partial charge in [0.05, 0.1) is 16.0 Å². The lowest BCUT2D eigenvalue weighted by Gasteiger charge is -2.42. The maximum absolute atomic E-state index is 13.2. The molecule has 6 aliphatic heterocycles. The number of β-lactam (4-membered cyclic amide) rings is 3. The predicted octanol–water partition coefficient (Wildman–Crippen LogP) is 7.81. The zero-order valence-corrected chi connectivity index (χ0v) is 55.9. The van der Waals surface area contributed by atoms with Crippen LogP contribution in [0.4, 0.5) is 0 Å². The van der Waals surface area contributed by atoms with Gasteiger partial charge in [0.15, 0.2) is 18.2 Å². The number of quaternary nitrogens is 1. The first-order valence-electron chi connectivity index (χ1n) is 30.1. The molecule has 8 N–H and O–H groups in total. The molecular formula is C70H74N8O12S4. The summed E-state index contributed by atoms with van der Waals surface area (Å²) in [6.45, 7) is 13.4. The van der Waals surface area contributed by atoms with Crippen molar-refractivity contribution < 1.29 is 66.8 Å². The lowest BCUT2D eigenvalue weighted by atomic mass is 9.96. The van der Waals surface area contributed by atoms with Gasteiger partial charge in [-0.2, -0.15) is 4.79 Å². The number of ether oxygens (including phenoxy) is 2. The van der Waals surface area contributed by atoms with Crippen molar-refractivity contribution in [1.29, 1.82) is 0 Å². The average Bonchev–Trinajstić information content (AvgIpc) is 1.58. The number of hydrogen-bond acceptors (Lipinski definition) is 16. The minimum atomic E-state index is -4.27. The van der Waals surface area contributed by atoms with Crippen LogP contribution in [0, 0.1) is 6.92 Å². The Bertz CT molecular complexity index is 3760. The van der Waals surface area contributed by atoms with Gasteiger partial charge in [0.25, 0.3) is 5.91 Å². The van der Waals surface area contributed by atoms with Gasteiger partial charge in [-0.3, -0.25) is 14.4 Å². The van der Waals surface area contributed by atoms with Crippen LogP contribution in [0.1, 0.15) is 92.7 Å². The van der Waals surface area contributed by atoms with Crippen LogP contribution < -0.4 is 17.2 Å². The number of hydrogen-bond donors (Lipinski definition) is 4. The first kappa shape index (κ1) is 69.9. The highest BCUT2D eigenvalue weighted by molar-refractivity contribution is 8.02. The molecule has 9 atom stereocenters. The molecular weight excluding hydrogens is 1270 g/mol. The van der Waals surface area contributed by atoms with Crippen molar-refractivity contribution in [1.82, 2.24) is 14.7 Å². The summed E-state index contributed by atoms with van der Waals surface area (Å²) < 4.78 is 41.8. The second-order valence-corrected chi connectivity index (χ2v) is 31.2.